The van der Waals surface area contributed by atoms with Gasteiger partial charge in [0.1, 0.15) is 17.6 Å². The van der Waals surface area contributed by atoms with Crippen molar-refractivity contribution in [1.29, 1.82) is 0 Å². The van der Waals surface area contributed by atoms with Crippen LogP contribution >= 0.6 is 0 Å². The summed E-state index contributed by atoms with van der Waals surface area (Å²) in [6.07, 6.45) is -0.177. The number of hydrogen-bond donors (Lipinski definition) is 1. The highest BCUT2D eigenvalue weighted by Gasteiger charge is 2.50. The van der Waals surface area contributed by atoms with Crippen LogP contribution in [0.1, 0.15) is 42.3 Å². The number of carbonyl (C=O) groups excluding carboxylic acids is 2. The van der Waals surface area contributed by atoms with Gasteiger partial charge in [0.25, 0.3) is 0 Å². The van der Waals surface area contributed by atoms with Crippen molar-refractivity contribution in [3.8, 4) is 5.75 Å². The van der Waals surface area contributed by atoms with Crippen LogP contribution in [0.3, 0.4) is 0 Å². The Morgan fingerprint density at radius 1 is 1.20 bits per heavy atom. The van der Waals surface area contributed by atoms with Gasteiger partial charge < -0.3 is 9.84 Å². The molecule has 0 bridgehead atoms. The molecule has 1 atom stereocenters. The molecule has 0 aromatic heterocycles. The number of rotatable bonds is 0. The molecule has 104 valence electrons. The van der Waals surface area contributed by atoms with Crippen LogP contribution in [0.5, 0.6) is 5.75 Å². The highest BCUT2D eigenvalue weighted by atomic mass is 16.5. The Hall–Kier alpha value is -2.10. The number of ether oxygens (including phenoxy) is 1. The first-order chi connectivity index (χ1) is 9.25. The Balaban J connectivity index is 2.37. The molecule has 20 heavy (non-hydrogen) atoms. The Morgan fingerprint density at radius 3 is 2.50 bits per heavy atom. The van der Waals surface area contributed by atoms with Gasteiger partial charge in [-0.1, -0.05) is 13.8 Å². The molecule has 1 unspecified atom stereocenters. The molecule has 4 heteroatoms. The third-order valence-electron chi connectivity index (χ3n) is 4.41. The fourth-order valence-electron chi connectivity index (χ4n) is 2.94. The SMILES string of the molecule is Cc1cc(O)cc2c1C1=C(C(=O)C2=O)C(C)(C)C(C)O1. The van der Waals surface area contributed by atoms with Crippen molar-refractivity contribution in [3.63, 3.8) is 0 Å². The molecule has 0 spiro atoms. The number of carbonyl (C=O) groups is 2. The van der Waals surface area contributed by atoms with E-state index in [2.05, 4.69) is 0 Å². The highest BCUT2D eigenvalue weighted by molar-refractivity contribution is 6.52. The number of phenolic OH excluding ortho intramolecular Hbond substituents is 1. The molecule has 1 aliphatic heterocycles. The van der Waals surface area contributed by atoms with Crippen LogP contribution in [0.15, 0.2) is 17.7 Å². The minimum Gasteiger partial charge on any atom is -0.508 e. The maximum atomic E-state index is 12.4. The largest absolute Gasteiger partial charge is 0.508 e. The summed E-state index contributed by atoms with van der Waals surface area (Å²) >= 11 is 0. The van der Waals surface area contributed by atoms with Crippen LogP contribution < -0.4 is 0 Å². The Bertz CT molecular complexity index is 695. The summed E-state index contributed by atoms with van der Waals surface area (Å²) in [5.41, 5.74) is 1.56. The molecule has 0 amide bonds. The Labute approximate surface area is 117 Å². The molecule has 2 aliphatic rings. The van der Waals surface area contributed by atoms with Crippen LogP contribution in [0, 0.1) is 12.3 Å². The van der Waals surface area contributed by atoms with Gasteiger partial charge >= 0.3 is 0 Å². The molecule has 0 saturated heterocycles. The first-order valence-electron chi connectivity index (χ1n) is 6.59. The molecule has 3 rings (SSSR count). The molecule has 1 aromatic carbocycles. The van der Waals surface area contributed by atoms with E-state index in [9.17, 15) is 14.7 Å². The van der Waals surface area contributed by atoms with Crippen LogP contribution in [-0.4, -0.2) is 22.8 Å². The van der Waals surface area contributed by atoms with Gasteiger partial charge in [0.05, 0.1) is 5.57 Å². The van der Waals surface area contributed by atoms with Crippen molar-refractivity contribution >= 4 is 17.3 Å². The van der Waals surface area contributed by atoms with Gasteiger partial charge in [-0.25, -0.2) is 0 Å². The van der Waals surface area contributed by atoms with E-state index in [0.717, 1.165) is 5.56 Å². The van der Waals surface area contributed by atoms with Crippen molar-refractivity contribution in [2.75, 3.05) is 0 Å². The molecule has 1 aromatic rings. The summed E-state index contributed by atoms with van der Waals surface area (Å²) in [7, 11) is 0. The van der Waals surface area contributed by atoms with Gasteiger partial charge in [-0.05, 0) is 31.5 Å². The first kappa shape index (κ1) is 12.9. The van der Waals surface area contributed by atoms with Gasteiger partial charge in [-0.15, -0.1) is 0 Å². The lowest BCUT2D eigenvalue weighted by molar-refractivity contribution is -0.112. The van der Waals surface area contributed by atoms with Gasteiger partial charge in [0, 0.05) is 16.5 Å². The van der Waals surface area contributed by atoms with Gasteiger partial charge in [0.2, 0.25) is 11.6 Å². The van der Waals surface area contributed by atoms with Crippen LogP contribution in [0.25, 0.3) is 5.76 Å². The third kappa shape index (κ3) is 1.42. The molecule has 0 fully saturated rings. The number of benzene rings is 1. The topological polar surface area (TPSA) is 63.6 Å². The zero-order valence-corrected chi connectivity index (χ0v) is 11.9. The summed E-state index contributed by atoms with van der Waals surface area (Å²) in [5, 5.41) is 9.65. The van der Waals surface area contributed by atoms with Crippen molar-refractivity contribution in [2.24, 2.45) is 5.41 Å². The number of phenols is 1. The average molecular weight is 272 g/mol. The van der Waals surface area contributed by atoms with Crippen LogP contribution in [0.2, 0.25) is 0 Å². The predicted molar refractivity (Wildman–Crippen MR) is 73.4 cm³/mol. The number of hydrogen-bond acceptors (Lipinski definition) is 4. The monoisotopic (exact) mass is 272 g/mol. The highest BCUT2D eigenvalue weighted by Crippen LogP contribution is 2.50. The Kier molecular flexibility index (Phi) is 2.40. The second-order valence-electron chi connectivity index (χ2n) is 6.03. The third-order valence-corrected chi connectivity index (χ3v) is 4.41. The molecule has 1 heterocycles. The zero-order valence-electron chi connectivity index (χ0n) is 11.9. The summed E-state index contributed by atoms with van der Waals surface area (Å²) in [5.74, 6) is -0.605. The van der Waals surface area contributed by atoms with Gasteiger partial charge in [-0.2, -0.15) is 0 Å². The lowest BCUT2D eigenvalue weighted by Gasteiger charge is -2.24. The molecular formula is C16H16O4. The number of fused-ring (bicyclic) bond motifs is 2. The fourth-order valence-corrected chi connectivity index (χ4v) is 2.94. The summed E-state index contributed by atoms with van der Waals surface area (Å²) in [4.78, 5) is 24.7. The summed E-state index contributed by atoms with van der Waals surface area (Å²) < 4.78 is 5.87. The van der Waals surface area contributed by atoms with Crippen LogP contribution in [0.4, 0.5) is 0 Å². The van der Waals surface area contributed by atoms with E-state index in [-0.39, 0.29) is 17.4 Å². The van der Waals surface area contributed by atoms with E-state index >= 15 is 0 Å². The van der Waals surface area contributed by atoms with E-state index in [1.807, 2.05) is 20.8 Å². The molecule has 1 N–H and O–H groups in total. The molecule has 1 aliphatic carbocycles. The Morgan fingerprint density at radius 2 is 1.85 bits per heavy atom. The lowest BCUT2D eigenvalue weighted by atomic mass is 9.74. The van der Waals surface area contributed by atoms with E-state index in [1.165, 1.54) is 6.07 Å². The van der Waals surface area contributed by atoms with E-state index in [4.69, 9.17) is 4.74 Å². The molecule has 0 saturated carbocycles. The van der Waals surface area contributed by atoms with E-state index in [0.29, 0.717) is 16.9 Å². The van der Waals surface area contributed by atoms with E-state index in [1.54, 1.807) is 13.0 Å². The zero-order chi connectivity index (χ0) is 14.8. The number of aryl methyl sites for hydroxylation is 1. The van der Waals surface area contributed by atoms with E-state index < -0.39 is 17.0 Å². The predicted octanol–water partition coefficient (Wildman–Crippen LogP) is 2.62. The average Bonchev–Trinajstić information content (AvgIpc) is 2.56. The van der Waals surface area contributed by atoms with Crippen LogP contribution in [-0.2, 0) is 9.53 Å². The molecule has 4 nitrogen and oxygen atoms in total. The number of Topliss-reactive ketones (excluding diaryl/α,β-unsaturated/α-hetero) is 2. The van der Waals surface area contributed by atoms with Crippen molar-refractivity contribution in [3.05, 3.63) is 34.4 Å². The van der Waals surface area contributed by atoms with Gasteiger partial charge in [0.15, 0.2) is 0 Å². The number of ketones is 2. The van der Waals surface area contributed by atoms with Gasteiger partial charge in [-0.3, -0.25) is 9.59 Å². The summed E-state index contributed by atoms with van der Waals surface area (Å²) in [6.45, 7) is 7.51. The second kappa shape index (κ2) is 3.72. The fraction of sp³-hybridized carbons (Fsp3) is 0.375. The lowest BCUT2D eigenvalue weighted by Crippen LogP contribution is -2.32. The minimum atomic E-state index is -0.566. The normalized spacial score (nSPS) is 23.5. The molecular weight excluding hydrogens is 256 g/mol. The summed E-state index contributed by atoms with van der Waals surface area (Å²) in [6, 6.07) is 2.91. The first-order valence-corrected chi connectivity index (χ1v) is 6.59. The van der Waals surface area contributed by atoms with Crippen molar-refractivity contribution in [2.45, 2.75) is 33.8 Å². The minimum absolute atomic E-state index is 0.0169. The van der Waals surface area contributed by atoms with Crippen molar-refractivity contribution in [1.82, 2.24) is 0 Å². The molecule has 0 radical (unpaired) electrons. The van der Waals surface area contributed by atoms with Crippen molar-refractivity contribution < 1.29 is 19.4 Å². The smallest absolute Gasteiger partial charge is 0.234 e. The maximum Gasteiger partial charge on any atom is 0.234 e. The number of aromatic hydroxyl groups is 1. The second-order valence-corrected chi connectivity index (χ2v) is 6.03. The maximum absolute atomic E-state index is 12.4. The quantitative estimate of drug-likeness (QED) is 0.737. The standard InChI is InChI=1S/C16H16O4/c1-7-5-9(17)6-10-11(7)15-12(14(19)13(10)18)16(3,4)8(2)20-15/h5-6,8,17H,1-4H3.